The lowest BCUT2D eigenvalue weighted by molar-refractivity contribution is 0.0674. The second-order valence-electron chi connectivity index (χ2n) is 7.84. The maximum Gasteiger partial charge on any atom is 0.0576 e. The minimum Gasteiger partial charge on any atom is -0.378 e. The molecule has 1 aliphatic heterocycles. The second kappa shape index (κ2) is 6.58. The average Bonchev–Trinajstić information content (AvgIpc) is 2.88. The first kappa shape index (κ1) is 15.3. The highest BCUT2D eigenvalue weighted by Crippen LogP contribution is 2.44. The standard InChI is InChI=1S/C17H33NO/c1-17(2,3)15-8-6-14(12-18)13(11-15)7-9-16-5-4-10-19-16/h13-16H,4-12,18H2,1-3H3. The SMILES string of the molecule is CC(C)(C)C1CCC(CN)C(CCC2CCCO2)C1. The number of rotatable bonds is 4. The third-order valence-electron chi connectivity index (χ3n) is 5.55. The minimum absolute atomic E-state index is 0.460. The van der Waals surface area contributed by atoms with Crippen molar-refractivity contribution in [2.24, 2.45) is 28.9 Å². The summed E-state index contributed by atoms with van der Waals surface area (Å²) in [6.07, 6.45) is 9.79. The third-order valence-corrected chi connectivity index (χ3v) is 5.55. The third kappa shape index (κ3) is 4.19. The Bertz CT molecular complexity index is 265. The lowest BCUT2D eigenvalue weighted by Crippen LogP contribution is -2.35. The topological polar surface area (TPSA) is 35.2 Å². The van der Waals surface area contributed by atoms with Gasteiger partial charge in [-0.15, -0.1) is 0 Å². The predicted octanol–water partition coefficient (Wildman–Crippen LogP) is 3.98. The fourth-order valence-electron chi connectivity index (χ4n) is 4.05. The molecule has 0 bridgehead atoms. The Hall–Kier alpha value is -0.0800. The molecule has 2 fully saturated rings. The van der Waals surface area contributed by atoms with Gasteiger partial charge in [0.25, 0.3) is 0 Å². The average molecular weight is 267 g/mol. The van der Waals surface area contributed by atoms with E-state index in [9.17, 15) is 0 Å². The van der Waals surface area contributed by atoms with E-state index < -0.39 is 0 Å². The number of nitrogens with two attached hydrogens (primary N) is 1. The normalized spacial score (nSPS) is 36.6. The molecule has 0 aromatic rings. The van der Waals surface area contributed by atoms with Gasteiger partial charge in [-0.1, -0.05) is 20.8 Å². The molecule has 2 heteroatoms. The molecular formula is C17H33NO. The van der Waals surface area contributed by atoms with Gasteiger partial charge in [-0.05, 0) is 74.7 Å². The van der Waals surface area contributed by atoms with Crippen molar-refractivity contribution in [2.75, 3.05) is 13.2 Å². The first-order chi connectivity index (χ1) is 9.00. The van der Waals surface area contributed by atoms with Crippen molar-refractivity contribution in [3.63, 3.8) is 0 Å². The number of ether oxygens (including phenoxy) is 1. The molecule has 0 aromatic heterocycles. The van der Waals surface area contributed by atoms with Crippen LogP contribution >= 0.6 is 0 Å². The van der Waals surface area contributed by atoms with Gasteiger partial charge >= 0.3 is 0 Å². The van der Waals surface area contributed by atoms with Crippen molar-refractivity contribution in [3.05, 3.63) is 0 Å². The van der Waals surface area contributed by atoms with Crippen LogP contribution < -0.4 is 5.73 Å². The molecule has 2 rings (SSSR count). The molecule has 0 spiro atoms. The van der Waals surface area contributed by atoms with Gasteiger partial charge in [0.1, 0.15) is 0 Å². The van der Waals surface area contributed by atoms with Crippen LogP contribution in [0.4, 0.5) is 0 Å². The van der Waals surface area contributed by atoms with E-state index in [0.29, 0.717) is 11.5 Å². The van der Waals surface area contributed by atoms with Crippen molar-refractivity contribution in [1.29, 1.82) is 0 Å². The maximum absolute atomic E-state index is 6.00. The van der Waals surface area contributed by atoms with E-state index in [0.717, 1.165) is 30.9 Å². The molecule has 2 aliphatic rings. The summed E-state index contributed by atoms with van der Waals surface area (Å²) in [6, 6.07) is 0. The van der Waals surface area contributed by atoms with E-state index in [1.54, 1.807) is 0 Å². The lowest BCUT2D eigenvalue weighted by Gasteiger charge is -2.42. The Balaban J connectivity index is 1.86. The molecule has 112 valence electrons. The first-order valence-corrected chi connectivity index (χ1v) is 8.32. The van der Waals surface area contributed by atoms with E-state index in [2.05, 4.69) is 20.8 Å². The van der Waals surface area contributed by atoms with Crippen LogP contribution in [0, 0.1) is 23.2 Å². The molecule has 19 heavy (non-hydrogen) atoms. The molecule has 0 aromatic carbocycles. The van der Waals surface area contributed by atoms with Gasteiger partial charge in [0.2, 0.25) is 0 Å². The molecule has 1 saturated heterocycles. The van der Waals surface area contributed by atoms with Gasteiger partial charge < -0.3 is 10.5 Å². The lowest BCUT2D eigenvalue weighted by atomic mass is 9.64. The monoisotopic (exact) mass is 267 g/mol. The van der Waals surface area contributed by atoms with E-state index in [4.69, 9.17) is 10.5 Å². The zero-order valence-electron chi connectivity index (χ0n) is 13.2. The summed E-state index contributed by atoms with van der Waals surface area (Å²) in [5.74, 6) is 2.48. The van der Waals surface area contributed by atoms with Crippen LogP contribution in [0.2, 0.25) is 0 Å². The van der Waals surface area contributed by atoms with Gasteiger partial charge in [0, 0.05) is 6.61 Å². The molecule has 0 amide bonds. The smallest absolute Gasteiger partial charge is 0.0576 e. The van der Waals surface area contributed by atoms with Crippen molar-refractivity contribution < 1.29 is 4.74 Å². The van der Waals surface area contributed by atoms with Gasteiger partial charge in [-0.25, -0.2) is 0 Å². The summed E-state index contributed by atoms with van der Waals surface area (Å²) >= 11 is 0. The van der Waals surface area contributed by atoms with Crippen molar-refractivity contribution >= 4 is 0 Å². The molecule has 2 N–H and O–H groups in total. The van der Waals surface area contributed by atoms with Crippen LogP contribution in [0.25, 0.3) is 0 Å². The molecule has 1 saturated carbocycles. The van der Waals surface area contributed by atoms with Gasteiger partial charge in [0.05, 0.1) is 6.10 Å². The van der Waals surface area contributed by atoms with Crippen molar-refractivity contribution in [2.45, 2.75) is 71.8 Å². The van der Waals surface area contributed by atoms with E-state index in [1.165, 1.54) is 44.9 Å². The summed E-state index contributed by atoms with van der Waals surface area (Å²) in [6.45, 7) is 9.07. The number of hydrogen-bond donors (Lipinski definition) is 1. The van der Waals surface area contributed by atoms with E-state index in [-0.39, 0.29) is 0 Å². The zero-order chi connectivity index (χ0) is 13.9. The Labute approximate surface area is 119 Å². The van der Waals surface area contributed by atoms with Crippen LogP contribution in [0.5, 0.6) is 0 Å². The highest BCUT2D eigenvalue weighted by molar-refractivity contribution is 4.86. The van der Waals surface area contributed by atoms with Gasteiger partial charge in [0.15, 0.2) is 0 Å². The Morgan fingerprint density at radius 3 is 2.42 bits per heavy atom. The molecule has 1 heterocycles. The summed E-state index contributed by atoms with van der Waals surface area (Å²) in [5.41, 5.74) is 6.46. The summed E-state index contributed by atoms with van der Waals surface area (Å²) < 4.78 is 5.78. The quantitative estimate of drug-likeness (QED) is 0.836. The Kier molecular flexibility index (Phi) is 5.30. The highest BCUT2D eigenvalue weighted by atomic mass is 16.5. The van der Waals surface area contributed by atoms with Crippen LogP contribution in [-0.4, -0.2) is 19.3 Å². The fourth-order valence-corrected chi connectivity index (χ4v) is 4.05. The summed E-state index contributed by atoms with van der Waals surface area (Å²) in [4.78, 5) is 0. The maximum atomic E-state index is 6.00. The van der Waals surface area contributed by atoms with Crippen LogP contribution in [0.3, 0.4) is 0 Å². The molecule has 4 atom stereocenters. The summed E-state index contributed by atoms with van der Waals surface area (Å²) in [5, 5.41) is 0. The predicted molar refractivity (Wildman–Crippen MR) is 81.0 cm³/mol. The second-order valence-corrected chi connectivity index (χ2v) is 7.84. The van der Waals surface area contributed by atoms with E-state index >= 15 is 0 Å². The Morgan fingerprint density at radius 2 is 1.84 bits per heavy atom. The minimum atomic E-state index is 0.460. The molecular weight excluding hydrogens is 234 g/mol. The Morgan fingerprint density at radius 1 is 1.05 bits per heavy atom. The fraction of sp³-hybridized carbons (Fsp3) is 1.00. The van der Waals surface area contributed by atoms with Crippen LogP contribution in [0.1, 0.15) is 65.7 Å². The van der Waals surface area contributed by atoms with Gasteiger partial charge in [-0.2, -0.15) is 0 Å². The van der Waals surface area contributed by atoms with E-state index in [1.807, 2.05) is 0 Å². The molecule has 1 aliphatic carbocycles. The molecule has 0 radical (unpaired) electrons. The molecule has 4 unspecified atom stereocenters. The highest BCUT2D eigenvalue weighted by Gasteiger charge is 2.35. The molecule has 2 nitrogen and oxygen atoms in total. The van der Waals surface area contributed by atoms with Gasteiger partial charge in [-0.3, -0.25) is 0 Å². The number of hydrogen-bond acceptors (Lipinski definition) is 2. The largest absolute Gasteiger partial charge is 0.378 e. The summed E-state index contributed by atoms with van der Waals surface area (Å²) in [7, 11) is 0. The van der Waals surface area contributed by atoms with Crippen molar-refractivity contribution in [1.82, 2.24) is 0 Å². The first-order valence-electron chi connectivity index (χ1n) is 8.32. The zero-order valence-corrected chi connectivity index (χ0v) is 13.2. The van der Waals surface area contributed by atoms with Crippen molar-refractivity contribution in [3.8, 4) is 0 Å². The van der Waals surface area contributed by atoms with Crippen LogP contribution in [-0.2, 0) is 4.74 Å². The van der Waals surface area contributed by atoms with Crippen LogP contribution in [0.15, 0.2) is 0 Å².